The Kier molecular flexibility index (Phi) is 4.68. The van der Waals surface area contributed by atoms with Crippen LogP contribution in [0.2, 0.25) is 0 Å². The smallest absolute Gasteiger partial charge is 0.151 e. The molecule has 0 atom stereocenters. The molecule has 1 N–H and O–H groups in total. The summed E-state index contributed by atoms with van der Waals surface area (Å²) in [4.78, 5) is 4.72. The van der Waals surface area contributed by atoms with Crippen LogP contribution in [0, 0.1) is 11.3 Å². The molecule has 0 amide bonds. The molecule has 4 aromatic rings. The Labute approximate surface area is 183 Å². The Morgan fingerprint density at radius 1 is 1.19 bits per heavy atom. The molecule has 8 nitrogen and oxygen atoms in total. The molecule has 156 valence electrons. The van der Waals surface area contributed by atoms with E-state index in [1.165, 1.54) is 0 Å². The fourth-order valence-corrected chi connectivity index (χ4v) is 4.24. The number of nitrogens with zero attached hydrogens (tertiary/aromatic N) is 6. The Bertz CT molecular complexity index is 1310. The van der Waals surface area contributed by atoms with E-state index in [0.29, 0.717) is 18.8 Å². The van der Waals surface area contributed by atoms with E-state index in [1.807, 2.05) is 30.5 Å². The maximum atomic E-state index is 9.12. The number of pyridine rings is 1. The summed E-state index contributed by atoms with van der Waals surface area (Å²) >= 11 is 1.59. The van der Waals surface area contributed by atoms with Crippen LogP contribution in [0.3, 0.4) is 0 Å². The van der Waals surface area contributed by atoms with E-state index in [0.717, 1.165) is 38.2 Å². The minimum absolute atomic E-state index is 0.0581. The highest BCUT2D eigenvalue weighted by atomic mass is 32.1. The fourth-order valence-electron chi connectivity index (χ4n) is 3.31. The summed E-state index contributed by atoms with van der Waals surface area (Å²) in [5, 5.41) is 27.7. The van der Waals surface area contributed by atoms with Crippen LogP contribution in [0.15, 0.2) is 36.7 Å². The summed E-state index contributed by atoms with van der Waals surface area (Å²) in [6.45, 7) is 7.74. The number of anilines is 1. The van der Waals surface area contributed by atoms with Gasteiger partial charge in [0.25, 0.3) is 0 Å². The molecule has 0 aromatic carbocycles. The van der Waals surface area contributed by atoms with Gasteiger partial charge in [-0.25, -0.2) is 4.52 Å². The van der Waals surface area contributed by atoms with Crippen molar-refractivity contribution in [1.29, 1.82) is 5.26 Å². The number of nitrogens with one attached hydrogen (secondary N) is 1. The van der Waals surface area contributed by atoms with Gasteiger partial charge in [-0.1, -0.05) is 32.1 Å². The zero-order chi connectivity index (χ0) is 21.6. The highest BCUT2D eigenvalue weighted by molar-refractivity contribution is 7.14. The second-order valence-corrected chi connectivity index (χ2v) is 9.55. The fraction of sp³-hybridized carbons (Fsp3) is 0.318. The lowest BCUT2D eigenvalue weighted by molar-refractivity contribution is 0.0211. The second kappa shape index (κ2) is 7.41. The van der Waals surface area contributed by atoms with Gasteiger partial charge in [0.05, 0.1) is 53.5 Å². The van der Waals surface area contributed by atoms with Crippen LogP contribution in [0.1, 0.15) is 31.3 Å². The molecule has 9 heteroatoms. The summed E-state index contributed by atoms with van der Waals surface area (Å²) in [5.41, 5.74) is 4.82. The van der Waals surface area contributed by atoms with Crippen molar-refractivity contribution in [3.8, 4) is 28.0 Å². The van der Waals surface area contributed by atoms with Gasteiger partial charge in [-0.3, -0.25) is 4.98 Å². The molecular weight excluding hydrogens is 410 g/mol. The molecular formula is C22H21N7OS. The van der Waals surface area contributed by atoms with Crippen molar-refractivity contribution in [2.75, 3.05) is 18.5 Å². The lowest BCUT2D eigenvalue weighted by atomic mass is 9.98. The lowest BCUT2D eigenvalue weighted by Crippen LogP contribution is -2.40. The van der Waals surface area contributed by atoms with Gasteiger partial charge >= 0.3 is 0 Å². The van der Waals surface area contributed by atoms with Crippen LogP contribution >= 0.6 is 11.3 Å². The third-order valence-corrected chi connectivity index (χ3v) is 6.47. The van der Waals surface area contributed by atoms with Crippen LogP contribution in [0.25, 0.3) is 27.5 Å². The van der Waals surface area contributed by atoms with E-state index >= 15 is 0 Å². The molecule has 1 fully saturated rings. The molecule has 1 aliphatic rings. The normalized spacial score (nSPS) is 14.4. The largest absolute Gasteiger partial charge is 0.377 e. The third kappa shape index (κ3) is 3.65. The van der Waals surface area contributed by atoms with Crippen molar-refractivity contribution in [3.05, 3.63) is 47.2 Å². The first-order valence-electron chi connectivity index (χ1n) is 9.99. The van der Waals surface area contributed by atoms with Crippen molar-refractivity contribution in [2.24, 2.45) is 0 Å². The van der Waals surface area contributed by atoms with Crippen molar-refractivity contribution in [2.45, 2.75) is 32.2 Å². The SMILES string of the molecule is CC(C)(C)c1nnc(-c2cnc(-c3ccc4cc(C#N)cnn34)cc2NC2COC2)s1. The quantitative estimate of drug-likeness (QED) is 0.523. The van der Waals surface area contributed by atoms with Gasteiger partial charge in [0, 0.05) is 17.3 Å². The monoisotopic (exact) mass is 431 g/mol. The Balaban J connectivity index is 1.58. The second-order valence-electron chi connectivity index (χ2n) is 8.57. The standard InChI is InChI=1S/C22H21N7OS/c1-22(2,3)21-28-27-20(31-21)16-10-24-18(7-17(16)26-14-11-30-12-14)19-5-4-15-6-13(8-23)9-25-29(15)19/h4-7,9-10,14H,11-12H2,1-3H3,(H,24,26). The van der Waals surface area contributed by atoms with Crippen molar-refractivity contribution < 1.29 is 4.74 Å². The molecule has 0 aliphatic carbocycles. The van der Waals surface area contributed by atoms with Crippen molar-refractivity contribution in [3.63, 3.8) is 0 Å². The molecule has 1 aliphatic heterocycles. The van der Waals surface area contributed by atoms with E-state index in [2.05, 4.69) is 47.5 Å². The Hall–Kier alpha value is -3.35. The van der Waals surface area contributed by atoms with E-state index in [-0.39, 0.29) is 11.5 Å². The first-order chi connectivity index (χ1) is 14.9. The highest BCUT2D eigenvalue weighted by Crippen LogP contribution is 2.36. The molecule has 0 bridgehead atoms. The van der Waals surface area contributed by atoms with Crippen molar-refractivity contribution >= 4 is 22.5 Å². The van der Waals surface area contributed by atoms with Gasteiger partial charge < -0.3 is 10.1 Å². The molecule has 5 rings (SSSR count). The van der Waals surface area contributed by atoms with Crippen LogP contribution in [-0.4, -0.2) is 44.1 Å². The molecule has 0 spiro atoms. The van der Waals surface area contributed by atoms with Gasteiger partial charge in [0.15, 0.2) is 5.01 Å². The van der Waals surface area contributed by atoms with E-state index in [4.69, 9.17) is 15.0 Å². The van der Waals surface area contributed by atoms with E-state index in [9.17, 15) is 0 Å². The zero-order valence-electron chi connectivity index (χ0n) is 17.5. The number of nitriles is 1. The van der Waals surface area contributed by atoms with Crippen LogP contribution in [0.5, 0.6) is 0 Å². The van der Waals surface area contributed by atoms with Gasteiger partial charge in [0.2, 0.25) is 0 Å². The molecule has 31 heavy (non-hydrogen) atoms. The number of ether oxygens (including phenoxy) is 1. The topological polar surface area (TPSA) is 101 Å². The van der Waals surface area contributed by atoms with Crippen LogP contribution in [0.4, 0.5) is 5.69 Å². The third-order valence-electron chi connectivity index (χ3n) is 5.09. The highest BCUT2D eigenvalue weighted by Gasteiger charge is 2.24. The van der Waals surface area contributed by atoms with Crippen molar-refractivity contribution in [1.82, 2.24) is 24.8 Å². The minimum atomic E-state index is -0.0581. The lowest BCUT2D eigenvalue weighted by Gasteiger charge is -2.28. The summed E-state index contributed by atoms with van der Waals surface area (Å²) < 4.78 is 7.13. The predicted molar refractivity (Wildman–Crippen MR) is 119 cm³/mol. The number of aromatic nitrogens is 5. The van der Waals surface area contributed by atoms with Gasteiger partial charge in [0.1, 0.15) is 11.1 Å². The van der Waals surface area contributed by atoms with E-state index in [1.54, 1.807) is 22.0 Å². The summed E-state index contributed by atoms with van der Waals surface area (Å²) in [7, 11) is 0. The van der Waals surface area contributed by atoms with Gasteiger partial charge in [-0.15, -0.1) is 10.2 Å². The number of hydrogen-bond donors (Lipinski definition) is 1. The van der Waals surface area contributed by atoms with Gasteiger partial charge in [-0.2, -0.15) is 10.4 Å². The zero-order valence-corrected chi connectivity index (χ0v) is 18.3. The number of rotatable bonds is 4. The number of fused-ring (bicyclic) bond motifs is 1. The Morgan fingerprint density at radius 3 is 2.71 bits per heavy atom. The Morgan fingerprint density at radius 2 is 2.03 bits per heavy atom. The average molecular weight is 432 g/mol. The minimum Gasteiger partial charge on any atom is -0.377 e. The molecule has 5 heterocycles. The first-order valence-corrected chi connectivity index (χ1v) is 10.8. The van der Waals surface area contributed by atoms with Gasteiger partial charge in [-0.05, 0) is 24.3 Å². The molecule has 0 unspecified atom stereocenters. The average Bonchev–Trinajstić information content (AvgIpc) is 3.37. The summed E-state index contributed by atoms with van der Waals surface area (Å²) in [5.74, 6) is 0. The van der Waals surface area contributed by atoms with Crippen LogP contribution in [-0.2, 0) is 10.2 Å². The number of hydrogen-bond acceptors (Lipinski definition) is 8. The molecule has 0 saturated carbocycles. The maximum absolute atomic E-state index is 9.12. The summed E-state index contributed by atoms with van der Waals surface area (Å²) in [6, 6.07) is 10.1. The van der Waals surface area contributed by atoms with E-state index < -0.39 is 0 Å². The maximum Gasteiger partial charge on any atom is 0.151 e. The predicted octanol–water partition coefficient (Wildman–Crippen LogP) is 3.89. The first kappa shape index (κ1) is 19.6. The summed E-state index contributed by atoms with van der Waals surface area (Å²) in [6.07, 6.45) is 3.40. The molecule has 0 radical (unpaired) electrons. The molecule has 4 aromatic heterocycles. The molecule has 1 saturated heterocycles. The van der Waals surface area contributed by atoms with Crippen LogP contribution < -0.4 is 5.32 Å².